The van der Waals surface area contributed by atoms with Crippen LogP contribution in [0, 0.1) is 5.92 Å². The van der Waals surface area contributed by atoms with Gasteiger partial charge in [-0.05, 0) is 36.4 Å². The minimum atomic E-state index is 0.468. The Balaban J connectivity index is 2.01. The average Bonchev–Trinajstić information content (AvgIpc) is 3.19. The molecular weight excluding hydrogens is 208 g/mol. The molecule has 0 aliphatic heterocycles. The summed E-state index contributed by atoms with van der Waals surface area (Å²) in [6.45, 7) is 0. The van der Waals surface area contributed by atoms with Crippen LogP contribution in [0.15, 0.2) is 36.7 Å². The molecule has 2 heteroatoms. The second-order valence-corrected chi connectivity index (χ2v) is 4.96. The van der Waals surface area contributed by atoms with E-state index in [1.54, 1.807) is 0 Å². The largest absolute Gasteiger partial charge is 0.313 e. The molecule has 1 atom stereocenters. The molecule has 1 unspecified atom stereocenters. The number of fused-ring (bicyclic) bond motifs is 1. The molecule has 3 rings (SSSR count). The van der Waals surface area contributed by atoms with Crippen LogP contribution in [0.1, 0.15) is 30.9 Å². The molecule has 1 N–H and O–H groups in total. The molecule has 1 aliphatic carbocycles. The fraction of sp³-hybridized carbons (Fsp3) is 0.400. The van der Waals surface area contributed by atoms with Crippen LogP contribution in [0.4, 0.5) is 0 Å². The lowest BCUT2D eigenvalue weighted by atomic mass is 9.96. The maximum Gasteiger partial charge on any atom is 0.0349 e. The van der Waals surface area contributed by atoms with Crippen molar-refractivity contribution in [2.75, 3.05) is 7.05 Å². The lowest BCUT2D eigenvalue weighted by Crippen LogP contribution is -2.17. The topological polar surface area (TPSA) is 24.9 Å². The van der Waals surface area contributed by atoms with Crippen LogP contribution >= 0.6 is 0 Å². The van der Waals surface area contributed by atoms with Crippen molar-refractivity contribution in [2.45, 2.75) is 25.3 Å². The summed E-state index contributed by atoms with van der Waals surface area (Å²) < 4.78 is 0. The third kappa shape index (κ3) is 2.18. The highest BCUT2D eigenvalue weighted by Crippen LogP contribution is 2.38. The van der Waals surface area contributed by atoms with E-state index >= 15 is 0 Å². The van der Waals surface area contributed by atoms with Crippen LogP contribution in [0.3, 0.4) is 0 Å². The zero-order chi connectivity index (χ0) is 11.7. The molecule has 0 bridgehead atoms. The van der Waals surface area contributed by atoms with E-state index in [1.165, 1.54) is 35.6 Å². The van der Waals surface area contributed by atoms with E-state index in [9.17, 15) is 0 Å². The van der Waals surface area contributed by atoms with Crippen molar-refractivity contribution in [1.82, 2.24) is 10.3 Å². The van der Waals surface area contributed by atoms with Crippen LogP contribution in [-0.2, 0) is 0 Å². The first-order chi connectivity index (χ1) is 8.38. The Morgan fingerprint density at radius 3 is 3.00 bits per heavy atom. The molecule has 1 heterocycles. The Morgan fingerprint density at radius 1 is 1.35 bits per heavy atom. The van der Waals surface area contributed by atoms with Crippen LogP contribution < -0.4 is 5.32 Å². The van der Waals surface area contributed by atoms with Gasteiger partial charge in [-0.25, -0.2) is 0 Å². The fourth-order valence-corrected chi connectivity index (χ4v) is 2.53. The molecule has 1 aromatic heterocycles. The molecule has 0 radical (unpaired) electrons. The first-order valence-electron chi connectivity index (χ1n) is 6.38. The minimum absolute atomic E-state index is 0.468. The van der Waals surface area contributed by atoms with Gasteiger partial charge in [0.1, 0.15) is 0 Å². The molecular formula is C15H18N2. The summed E-state index contributed by atoms with van der Waals surface area (Å²) in [6, 6.07) is 9.09. The van der Waals surface area contributed by atoms with Gasteiger partial charge >= 0.3 is 0 Å². The number of hydrogen-bond donors (Lipinski definition) is 1. The number of rotatable bonds is 4. The van der Waals surface area contributed by atoms with Crippen molar-refractivity contribution >= 4 is 10.8 Å². The molecule has 1 aliphatic rings. The zero-order valence-electron chi connectivity index (χ0n) is 10.2. The number of pyridine rings is 1. The first kappa shape index (κ1) is 10.7. The third-order valence-electron chi connectivity index (χ3n) is 3.71. The lowest BCUT2D eigenvalue weighted by Gasteiger charge is -2.18. The van der Waals surface area contributed by atoms with Gasteiger partial charge in [-0.3, -0.25) is 4.98 Å². The van der Waals surface area contributed by atoms with E-state index in [0.29, 0.717) is 6.04 Å². The normalized spacial score (nSPS) is 17.2. The summed E-state index contributed by atoms with van der Waals surface area (Å²) >= 11 is 0. The van der Waals surface area contributed by atoms with Gasteiger partial charge in [0.15, 0.2) is 0 Å². The maximum atomic E-state index is 4.26. The van der Waals surface area contributed by atoms with E-state index in [-0.39, 0.29) is 0 Å². The Labute approximate surface area is 102 Å². The Bertz CT molecular complexity index is 512. The van der Waals surface area contributed by atoms with Crippen molar-refractivity contribution in [2.24, 2.45) is 5.92 Å². The summed E-state index contributed by atoms with van der Waals surface area (Å²) in [4.78, 5) is 4.26. The molecule has 2 aromatic rings. The average molecular weight is 226 g/mol. The molecule has 0 saturated heterocycles. The molecule has 2 nitrogen and oxygen atoms in total. The molecule has 1 saturated carbocycles. The van der Waals surface area contributed by atoms with Crippen molar-refractivity contribution < 1.29 is 0 Å². The summed E-state index contributed by atoms with van der Waals surface area (Å²) in [5, 5.41) is 6.03. The van der Waals surface area contributed by atoms with E-state index in [1.807, 2.05) is 12.4 Å². The number of hydrogen-bond acceptors (Lipinski definition) is 2. The highest BCUT2D eigenvalue weighted by Gasteiger charge is 2.26. The summed E-state index contributed by atoms with van der Waals surface area (Å²) in [6.07, 6.45) is 7.91. The van der Waals surface area contributed by atoms with Gasteiger partial charge in [0, 0.05) is 23.8 Å². The number of aromatic nitrogens is 1. The fourth-order valence-electron chi connectivity index (χ4n) is 2.53. The van der Waals surface area contributed by atoms with Crippen molar-refractivity contribution in [3.63, 3.8) is 0 Å². The highest BCUT2D eigenvalue weighted by molar-refractivity contribution is 5.85. The zero-order valence-corrected chi connectivity index (χ0v) is 10.2. The standard InChI is InChI=1S/C15H18N2/c1-16-15(9-11-5-6-11)13-4-2-3-12-7-8-17-10-14(12)13/h2-4,7-8,10-11,15-16H,5-6,9H2,1H3. The predicted molar refractivity (Wildman–Crippen MR) is 70.9 cm³/mol. The number of benzene rings is 1. The Hall–Kier alpha value is -1.41. The smallest absolute Gasteiger partial charge is 0.0349 e. The van der Waals surface area contributed by atoms with Crippen LogP contribution in [0.25, 0.3) is 10.8 Å². The summed E-state index contributed by atoms with van der Waals surface area (Å²) in [5.41, 5.74) is 1.39. The Kier molecular flexibility index (Phi) is 2.81. The second-order valence-electron chi connectivity index (χ2n) is 4.96. The first-order valence-corrected chi connectivity index (χ1v) is 6.38. The van der Waals surface area contributed by atoms with Gasteiger partial charge in [0.25, 0.3) is 0 Å². The third-order valence-corrected chi connectivity index (χ3v) is 3.71. The quantitative estimate of drug-likeness (QED) is 0.865. The molecule has 0 amide bonds. The molecule has 1 fully saturated rings. The van der Waals surface area contributed by atoms with Crippen LogP contribution in [0.5, 0.6) is 0 Å². The molecule has 0 spiro atoms. The predicted octanol–water partition coefficient (Wildman–Crippen LogP) is 3.30. The number of nitrogens with one attached hydrogen (secondary N) is 1. The van der Waals surface area contributed by atoms with Gasteiger partial charge in [0.05, 0.1) is 0 Å². The molecule has 17 heavy (non-hydrogen) atoms. The van der Waals surface area contributed by atoms with Crippen molar-refractivity contribution in [1.29, 1.82) is 0 Å². The van der Waals surface area contributed by atoms with Gasteiger partial charge in [-0.1, -0.05) is 31.0 Å². The number of nitrogens with zero attached hydrogens (tertiary/aromatic N) is 1. The Morgan fingerprint density at radius 2 is 2.24 bits per heavy atom. The van der Waals surface area contributed by atoms with Gasteiger partial charge in [-0.15, -0.1) is 0 Å². The van der Waals surface area contributed by atoms with Gasteiger partial charge in [0.2, 0.25) is 0 Å². The van der Waals surface area contributed by atoms with Crippen LogP contribution in [-0.4, -0.2) is 12.0 Å². The maximum absolute atomic E-state index is 4.26. The van der Waals surface area contributed by atoms with Crippen molar-refractivity contribution in [3.05, 3.63) is 42.2 Å². The second kappa shape index (κ2) is 4.46. The molecule has 88 valence electrons. The van der Waals surface area contributed by atoms with Gasteiger partial charge < -0.3 is 5.32 Å². The van der Waals surface area contributed by atoms with Gasteiger partial charge in [-0.2, -0.15) is 0 Å². The lowest BCUT2D eigenvalue weighted by molar-refractivity contribution is 0.517. The SMILES string of the molecule is CNC(CC1CC1)c1cccc2ccncc12. The van der Waals surface area contributed by atoms with E-state index in [4.69, 9.17) is 0 Å². The van der Waals surface area contributed by atoms with E-state index in [2.05, 4.69) is 41.6 Å². The van der Waals surface area contributed by atoms with E-state index in [0.717, 1.165) is 5.92 Å². The molecule has 1 aromatic carbocycles. The summed E-state index contributed by atoms with van der Waals surface area (Å²) in [7, 11) is 2.06. The van der Waals surface area contributed by atoms with Crippen molar-refractivity contribution in [3.8, 4) is 0 Å². The summed E-state index contributed by atoms with van der Waals surface area (Å²) in [5.74, 6) is 0.930. The highest BCUT2D eigenvalue weighted by atomic mass is 14.9. The van der Waals surface area contributed by atoms with E-state index < -0.39 is 0 Å². The minimum Gasteiger partial charge on any atom is -0.313 e. The van der Waals surface area contributed by atoms with Crippen LogP contribution in [0.2, 0.25) is 0 Å². The monoisotopic (exact) mass is 226 g/mol.